The van der Waals surface area contributed by atoms with Crippen LogP contribution in [0.2, 0.25) is 5.02 Å². The lowest BCUT2D eigenvalue weighted by Gasteiger charge is -2.27. The van der Waals surface area contributed by atoms with Crippen LogP contribution in [0.25, 0.3) is 0 Å². The van der Waals surface area contributed by atoms with E-state index in [-0.39, 0.29) is 12.5 Å². The normalized spacial score (nSPS) is 15.6. The van der Waals surface area contributed by atoms with Gasteiger partial charge in [0.1, 0.15) is 0 Å². The minimum absolute atomic E-state index is 0.0669. The molecule has 1 aliphatic rings. The number of amides is 1. The largest absolute Gasteiger partial charge is 0.378 e. The third-order valence-electron chi connectivity index (χ3n) is 2.72. The zero-order valence-corrected chi connectivity index (χ0v) is 12.1. The lowest BCUT2D eigenvalue weighted by atomic mass is 10.3. The van der Waals surface area contributed by atoms with Gasteiger partial charge in [-0.2, -0.15) is 0 Å². The first-order chi connectivity index (χ1) is 8.66. The molecular formula is C12H14BrClN2O2. The fraction of sp³-hybridized carbons (Fsp3) is 0.417. The average molecular weight is 334 g/mol. The van der Waals surface area contributed by atoms with E-state index in [1.165, 1.54) is 0 Å². The van der Waals surface area contributed by atoms with Crippen LogP contribution in [0, 0.1) is 0 Å². The fourth-order valence-corrected chi connectivity index (χ4v) is 2.47. The summed E-state index contributed by atoms with van der Waals surface area (Å²) >= 11 is 9.40. The number of halogens is 2. The van der Waals surface area contributed by atoms with Gasteiger partial charge in [-0.25, -0.2) is 0 Å². The van der Waals surface area contributed by atoms with Crippen molar-refractivity contribution in [3.63, 3.8) is 0 Å². The molecule has 1 amide bonds. The van der Waals surface area contributed by atoms with Gasteiger partial charge < -0.3 is 15.0 Å². The Kier molecular flexibility index (Phi) is 4.86. The summed E-state index contributed by atoms with van der Waals surface area (Å²) < 4.78 is 6.12. The molecule has 0 bridgehead atoms. The molecule has 1 N–H and O–H groups in total. The van der Waals surface area contributed by atoms with Gasteiger partial charge >= 0.3 is 0 Å². The van der Waals surface area contributed by atoms with Gasteiger partial charge in [0, 0.05) is 17.6 Å². The van der Waals surface area contributed by atoms with Gasteiger partial charge in [0.25, 0.3) is 0 Å². The van der Waals surface area contributed by atoms with Gasteiger partial charge in [-0.3, -0.25) is 4.79 Å². The van der Waals surface area contributed by atoms with E-state index in [2.05, 4.69) is 21.2 Å². The molecule has 2 rings (SSSR count). The van der Waals surface area contributed by atoms with E-state index < -0.39 is 0 Å². The summed E-state index contributed by atoms with van der Waals surface area (Å²) in [5.41, 5.74) is 0.765. The molecule has 1 aliphatic heterocycles. The van der Waals surface area contributed by atoms with Crippen molar-refractivity contribution in [2.24, 2.45) is 0 Å². The van der Waals surface area contributed by atoms with E-state index in [1.54, 1.807) is 11.0 Å². The number of nitrogens with one attached hydrogen (secondary N) is 1. The Morgan fingerprint density at radius 1 is 1.44 bits per heavy atom. The maximum absolute atomic E-state index is 11.9. The van der Waals surface area contributed by atoms with Crippen molar-refractivity contribution >= 4 is 39.1 Å². The molecule has 0 spiro atoms. The molecule has 98 valence electrons. The number of nitrogens with zero attached hydrogens (tertiary/aromatic N) is 1. The third kappa shape index (κ3) is 3.60. The highest BCUT2D eigenvalue weighted by Gasteiger charge is 2.16. The minimum Gasteiger partial charge on any atom is -0.378 e. The van der Waals surface area contributed by atoms with Crippen LogP contribution in [-0.2, 0) is 9.53 Å². The standard InChI is InChI=1S/C12H14BrClN2O2/c13-9-1-2-11(10(14)7-9)15-8-12(17)16-3-5-18-6-4-16/h1-2,7,15H,3-6,8H2. The van der Waals surface area contributed by atoms with Gasteiger partial charge in [-0.15, -0.1) is 0 Å². The molecule has 0 unspecified atom stereocenters. The highest BCUT2D eigenvalue weighted by molar-refractivity contribution is 9.10. The highest BCUT2D eigenvalue weighted by Crippen LogP contribution is 2.25. The van der Waals surface area contributed by atoms with Gasteiger partial charge in [0.15, 0.2) is 0 Å². The van der Waals surface area contributed by atoms with Gasteiger partial charge in [0.2, 0.25) is 5.91 Å². The number of carbonyl (C=O) groups excluding carboxylic acids is 1. The van der Waals surface area contributed by atoms with Crippen molar-refractivity contribution < 1.29 is 9.53 Å². The molecule has 0 saturated carbocycles. The molecule has 1 saturated heterocycles. The molecule has 6 heteroatoms. The van der Waals surface area contributed by atoms with Crippen molar-refractivity contribution in [2.45, 2.75) is 0 Å². The van der Waals surface area contributed by atoms with Gasteiger partial charge in [-0.05, 0) is 18.2 Å². The summed E-state index contributed by atoms with van der Waals surface area (Å²) in [6, 6.07) is 5.52. The van der Waals surface area contributed by atoms with E-state index in [1.807, 2.05) is 12.1 Å². The SMILES string of the molecule is O=C(CNc1ccc(Br)cc1Cl)N1CCOCC1. The number of hydrogen-bond acceptors (Lipinski definition) is 3. The monoisotopic (exact) mass is 332 g/mol. The fourth-order valence-electron chi connectivity index (χ4n) is 1.73. The van der Waals surface area contributed by atoms with Crippen LogP contribution in [0.4, 0.5) is 5.69 Å². The first-order valence-corrected chi connectivity index (χ1v) is 6.88. The second kappa shape index (κ2) is 6.41. The smallest absolute Gasteiger partial charge is 0.242 e. The number of rotatable bonds is 3. The molecule has 18 heavy (non-hydrogen) atoms. The number of morpholine rings is 1. The quantitative estimate of drug-likeness (QED) is 0.923. The van der Waals surface area contributed by atoms with Crippen LogP contribution in [0.15, 0.2) is 22.7 Å². The Morgan fingerprint density at radius 2 is 2.17 bits per heavy atom. The Hall–Kier alpha value is -0.780. The number of anilines is 1. The molecule has 4 nitrogen and oxygen atoms in total. The van der Waals surface area contributed by atoms with Gasteiger partial charge in [-0.1, -0.05) is 27.5 Å². The Morgan fingerprint density at radius 3 is 2.83 bits per heavy atom. The molecule has 0 radical (unpaired) electrons. The lowest BCUT2D eigenvalue weighted by Crippen LogP contribution is -2.43. The minimum atomic E-state index is 0.0669. The van der Waals surface area contributed by atoms with E-state index in [0.717, 1.165) is 10.2 Å². The Labute approximate surface area is 119 Å². The van der Waals surface area contributed by atoms with Crippen LogP contribution in [0.1, 0.15) is 0 Å². The van der Waals surface area contributed by atoms with Crippen LogP contribution in [-0.4, -0.2) is 43.7 Å². The van der Waals surface area contributed by atoms with Crippen molar-refractivity contribution in [1.82, 2.24) is 4.90 Å². The summed E-state index contributed by atoms with van der Waals surface area (Å²) in [6.45, 7) is 2.81. The zero-order valence-electron chi connectivity index (χ0n) is 9.79. The molecule has 1 heterocycles. The highest BCUT2D eigenvalue weighted by atomic mass is 79.9. The summed E-state index contributed by atoms with van der Waals surface area (Å²) in [5, 5.41) is 3.65. The predicted octanol–water partition coefficient (Wildman–Crippen LogP) is 2.37. The maximum Gasteiger partial charge on any atom is 0.242 e. The van der Waals surface area contributed by atoms with Gasteiger partial charge in [0.05, 0.1) is 30.5 Å². The molecular weight excluding hydrogens is 320 g/mol. The number of ether oxygens (including phenoxy) is 1. The molecule has 1 aromatic rings. The Balaban J connectivity index is 1.88. The average Bonchev–Trinajstić information content (AvgIpc) is 2.38. The van der Waals surface area contributed by atoms with Crippen LogP contribution in [0.5, 0.6) is 0 Å². The number of benzene rings is 1. The summed E-state index contributed by atoms with van der Waals surface area (Å²) in [5.74, 6) is 0.0669. The molecule has 0 aliphatic carbocycles. The number of hydrogen-bond donors (Lipinski definition) is 1. The van der Waals surface area contributed by atoms with E-state index in [0.29, 0.717) is 31.3 Å². The van der Waals surface area contributed by atoms with Crippen molar-refractivity contribution in [3.8, 4) is 0 Å². The summed E-state index contributed by atoms with van der Waals surface area (Å²) in [7, 11) is 0. The second-order valence-corrected chi connectivity index (χ2v) is 5.29. The van der Waals surface area contributed by atoms with Crippen molar-refractivity contribution in [1.29, 1.82) is 0 Å². The first-order valence-electron chi connectivity index (χ1n) is 5.71. The van der Waals surface area contributed by atoms with E-state index in [9.17, 15) is 4.79 Å². The molecule has 1 aromatic carbocycles. The van der Waals surface area contributed by atoms with Crippen LogP contribution < -0.4 is 5.32 Å². The van der Waals surface area contributed by atoms with Crippen LogP contribution in [0.3, 0.4) is 0 Å². The zero-order chi connectivity index (χ0) is 13.0. The second-order valence-electron chi connectivity index (χ2n) is 3.97. The maximum atomic E-state index is 11.9. The molecule has 1 fully saturated rings. The van der Waals surface area contributed by atoms with Crippen molar-refractivity contribution in [3.05, 3.63) is 27.7 Å². The first kappa shape index (κ1) is 13.6. The predicted molar refractivity (Wildman–Crippen MR) is 75.0 cm³/mol. The molecule has 0 aromatic heterocycles. The topological polar surface area (TPSA) is 41.6 Å². The van der Waals surface area contributed by atoms with E-state index in [4.69, 9.17) is 16.3 Å². The third-order valence-corrected chi connectivity index (χ3v) is 3.53. The summed E-state index contributed by atoms with van der Waals surface area (Å²) in [4.78, 5) is 13.7. The number of carbonyl (C=O) groups is 1. The van der Waals surface area contributed by atoms with Crippen molar-refractivity contribution in [2.75, 3.05) is 38.2 Å². The van der Waals surface area contributed by atoms with E-state index >= 15 is 0 Å². The summed E-state index contributed by atoms with van der Waals surface area (Å²) in [6.07, 6.45) is 0. The lowest BCUT2D eigenvalue weighted by molar-refractivity contribution is -0.133. The van der Waals surface area contributed by atoms with Crippen LogP contribution >= 0.6 is 27.5 Å². The Bertz CT molecular complexity index is 436. The molecule has 0 atom stereocenters.